The Morgan fingerprint density at radius 3 is 2.31 bits per heavy atom. The summed E-state index contributed by atoms with van der Waals surface area (Å²) in [6.07, 6.45) is 1.82. The first-order chi connectivity index (χ1) is 12.6. The van der Waals surface area contributed by atoms with Crippen LogP contribution in [0.3, 0.4) is 0 Å². The number of anilines is 1. The molecule has 2 aromatic rings. The van der Waals surface area contributed by atoms with E-state index < -0.39 is 0 Å². The maximum absolute atomic E-state index is 12.2. The minimum atomic E-state index is -0.0289. The Balaban J connectivity index is 1.42. The van der Waals surface area contributed by atoms with E-state index in [1.165, 1.54) is 6.92 Å². The van der Waals surface area contributed by atoms with Crippen LogP contribution >= 0.6 is 0 Å². The lowest BCUT2D eigenvalue weighted by Gasteiger charge is -2.34. The second kappa shape index (κ2) is 8.69. The molecule has 0 bridgehead atoms. The molecule has 1 aromatic carbocycles. The van der Waals surface area contributed by atoms with E-state index in [4.69, 9.17) is 0 Å². The highest BCUT2D eigenvalue weighted by molar-refractivity contribution is 5.96. The van der Waals surface area contributed by atoms with Crippen LogP contribution in [0.1, 0.15) is 23.0 Å². The van der Waals surface area contributed by atoms with Gasteiger partial charge < -0.3 is 5.32 Å². The number of pyridine rings is 1. The molecule has 2 heterocycles. The van der Waals surface area contributed by atoms with Crippen LogP contribution in [0.15, 0.2) is 48.7 Å². The summed E-state index contributed by atoms with van der Waals surface area (Å²) in [6, 6.07) is 13.0. The van der Waals surface area contributed by atoms with E-state index in [1.54, 1.807) is 24.3 Å². The first-order valence-corrected chi connectivity index (χ1v) is 8.85. The SMILES string of the molecule is CC(=O)c1ccc(NC(=O)CN2CCN(Cc3ccccn3)CC2)cc1. The van der Waals surface area contributed by atoms with Crippen molar-refractivity contribution in [3.8, 4) is 0 Å². The number of piperazine rings is 1. The fourth-order valence-electron chi connectivity index (χ4n) is 3.02. The smallest absolute Gasteiger partial charge is 0.238 e. The Bertz CT molecular complexity index is 738. The van der Waals surface area contributed by atoms with Gasteiger partial charge in [-0.1, -0.05) is 6.07 Å². The molecular formula is C20H24N4O2. The zero-order valence-electron chi connectivity index (χ0n) is 15.0. The third-order valence-corrected chi connectivity index (χ3v) is 4.52. The summed E-state index contributed by atoms with van der Waals surface area (Å²) in [6.45, 7) is 6.34. The van der Waals surface area contributed by atoms with Crippen LogP contribution in [-0.2, 0) is 11.3 Å². The molecule has 0 atom stereocenters. The number of carbonyl (C=O) groups excluding carboxylic acids is 2. The van der Waals surface area contributed by atoms with Crippen molar-refractivity contribution in [2.45, 2.75) is 13.5 Å². The van der Waals surface area contributed by atoms with Gasteiger partial charge in [0.15, 0.2) is 5.78 Å². The van der Waals surface area contributed by atoms with Gasteiger partial charge in [-0.25, -0.2) is 0 Å². The second-order valence-corrected chi connectivity index (χ2v) is 6.56. The lowest BCUT2D eigenvalue weighted by Crippen LogP contribution is -2.48. The van der Waals surface area contributed by atoms with Crippen LogP contribution in [0.25, 0.3) is 0 Å². The van der Waals surface area contributed by atoms with E-state index in [-0.39, 0.29) is 11.7 Å². The Kier molecular flexibility index (Phi) is 6.09. The molecule has 26 heavy (non-hydrogen) atoms. The zero-order valence-corrected chi connectivity index (χ0v) is 15.0. The van der Waals surface area contributed by atoms with E-state index in [9.17, 15) is 9.59 Å². The third kappa shape index (κ3) is 5.21. The number of hydrogen-bond acceptors (Lipinski definition) is 5. The fourth-order valence-corrected chi connectivity index (χ4v) is 3.02. The monoisotopic (exact) mass is 352 g/mol. The van der Waals surface area contributed by atoms with Crippen molar-refractivity contribution < 1.29 is 9.59 Å². The Hall–Kier alpha value is -2.57. The van der Waals surface area contributed by atoms with Crippen LogP contribution in [-0.4, -0.2) is 59.2 Å². The number of amides is 1. The predicted molar refractivity (Wildman–Crippen MR) is 101 cm³/mol. The number of hydrogen-bond donors (Lipinski definition) is 1. The molecule has 1 N–H and O–H groups in total. The van der Waals surface area contributed by atoms with Gasteiger partial charge in [0, 0.05) is 50.2 Å². The first kappa shape index (κ1) is 18.2. The van der Waals surface area contributed by atoms with Crippen molar-refractivity contribution in [2.24, 2.45) is 0 Å². The number of benzene rings is 1. The van der Waals surface area contributed by atoms with Gasteiger partial charge in [-0.2, -0.15) is 0 Å². The first-order valence-electron chi connectivity index (χ1n) is 8.85. The molecule has 6 nitrogen and oxygen atoms in total. The Morgan fingerprint density at radius 2 is 1.69 bits per heavy atom. The van der Waals surface area contributed by atoms with Crippen molar-refractivity contribution in [1.82, 2.24) is 14.8 Å². The molecule has 0 saturated carbocycles. The lowest BCUT2D eigenvalue weighted by molar-refractivity contribution is -0.117. The summed E-state index contributed by atoms with van der Waals surface area (Å²) in [5.74, 6) is -0.00907. The number of nitrogens with zero attached hydrogens (tertiary/aromatic N) is 3. The van der Waals surface area contributed by atoms with Gasteiger partial charge in [0.25, 0.3) is 0 Å². The van der Waals surface area contributed by atoms with Crippen LogP contribution in [0.5, 0.6) is 0 Å². The number of Topliss-reactive ketones (excluding diaryl/α,β-unsaturated/α-hetero) is 1. The molecule has 1 aliphatic heterocycles. The molecule has 1 amide bonds. The standard InChI is InChI=1S/C20H24N4O2/c1-16(25)17-5-7-18(8-6-17)22-20(26)15-24-12-10-23(11-13-24)14-19-4-2-3-9-21-19/h2-9H,10-15H2,1H3,(H,22,26). The van der Waals surface area contributed by atoms with Crippen LogP contribution in [0, 0.1) is 0 Å². The molecule has 1 fully saturated rings. The number of ketones is 1. The van der Waals surface area contributed by atoms with Crippen molar-refractivity contribution >= 4 is 17.4 Å². The topological polar surface area (TPSA) is 65.5 Å². The Labute approximate surface area is 153 Å². The number of carbonyl (C=O) groups is 2. The molecular weight excluding hydrogens is 328 g/mol. The Morgan fingerprint density at radius 1 is 1.00 bits per heavy atom. The molecule has 0 unspecified atom stereocenters. The summed E-state index contributed by atoms with van der Waals surface area (Å²) in [5, 5.41) is 2.89. The van der Waals surface area contributed by atoms with Gasteiger partial charge in [0.1, 0.15) is 0 Å². The van der Waals surface area contributed by atoms with E-state index in [0.29, 0.717) is 17.8 Å². The highest BCUT2D eigenvalue weighted by Gasteiger charge is 2.19. The van der Waals surface area contributed by atoms with Crippen molar-refractivity contribution in [1.29, 1.82) is 0 Å². The number of nitrogens with one attached hydrogen (secondary N) is 1. The van der Waals surface area contributed by atoms with Gasteiger partial charge >= 0.3 is 0 Å². The zero-order chi connectivity index (χ0) is 18.4. The van der Waals surface area contributed by atoms with Gasteiger partial charge in [0.05, 0.1) is 12.2 Å². The molecule has 3 rings (SSSR count). The molecule has 0 spiro atoms. The van der Waals surface area contributed by atoms with Crippen molar-refractivity contribution in [2.75, 3.05) is 38.0 Å². The average molecular weight is 352 g/mol. The second-order valence-electron chi connectivity index (χ2n) is 6.56. The van der Waals surface area contributed by atoms with E-state index in [2.05, 4.69) is 20.1 Å². The van der Waals surface area contributed by atoms with Gasteiger partial charge in [-0.3, -0.25) is 24.4 Å². The molecule has 0 radical (unpaired) electrons. The lowest BCUT2D eigenvalue weighted by atomic mass is 10.1. The average Bonchev–Trinajstić information content (AvgIpc) is 2.64. The highest BCUT2D eigenvalue weighted by Crippen LogP contribution is 2.11. The summed E-state index contributed by atoms with van der Waals surface area (Å²) >= 11 is 0. The number of aromatic nitrogens is 1. The quantitative estimate of drug-likeness (QED) is 0.806. The van der Waals surface area contributed by atoms with E-state index in [1.807, 2.05) is 24.4 Å². The molecule has 1 saturated heterocycles. The minimum absolute atomic E-state index is 0.0199. The molecule has 1 aliphatic rings. The van der Waals surface area contributed by atoms with Crippen LogP contribution < -0.4 is 5.32 Å². The summed E-state index contributed by atoms with van der Waals surface area (Å²) in [5.41, 5.74) is 2.44. The highest BCUT2D eigenvalue weighted by atomic mass is 16.2. The summed E-state index contributed by atoms with van der Waals surface area (Å²) < 4.78 is 0. The normalized spacial score (nSPS) is 15.6. The van der Waals surface area contributed by atoms with Gasteiger partial charge in [0.2, 0.25) is 5.91 Å². The predicted octanol–water partition coefficient (Wildman–Crippen LogP) is 2.04. The maximum atomic E-state index is 12.2. The van der Waals surface area contributed by atoms with Crippen LogP contribution in [0.4, 0.5) is 5.69 Å². The summed E-state index contributed by atoms with van der Waals surface area (Å²) in [7, 11) is 0. The van der Waals surface area contributed by atoms with Gasteiger partial charge in [-0.05, 0) is 43.3 Å². The summed E-state index contributed by atoms with van der Waals surface area (Å²) in [4.78, 5) is 32.4. The fraction of sp³-hybridized carbons (Fsp3) is 0.350. The van der Waals surface area contributed by atoms with Gasteiger partial charge in [-0.15, -0.1) is 0 Å². The van der Waals surface area contributed by atoms with Crippen molar-refractivity contribution in [3.63, 3.8) is 0 Å². The third-order valence-electron chi connectivity index (χ3n) is 4.52. The largest absolute Gasteiger partial charge is 0.325 e. The van der Waals surface area contributed by atoms with E-state index in [0.717, 1.165) is 38.4 Å². The van der Waals surface area contributed by atoms with Crippen molar-refractivity contribution in [3.05, 3.63) is 59.9 Å². The molecule has 6 heteroatoms. The maximum Gasteiger partial charge on any atom is 0.238 e. The molecule has 0 aliphatic carbocycles. The molecule has 1 aromatic heterocycles. The van der Waals surface area contributed by atoms with Crippen LogP contribution in [0.2, 0.25) is 0 Å². The minimum Gasteiger partial charge on any atom is -0.325 e. The number of rotatable bonds is 6. The van der Waals surface area contributed by atoms with E-state index >= 15 is 0 Å². The molecule has 136 valence electrons.